The van der Waals surface area contributed by atoms with Crippen LogP contribution in [0.4, 0.5) is 5.69 Å². The van der Waals surface area contributed by atoms with Crippen molar-refractivity contribution in [1.29, 1.82) is 0 Å². The van der Waals surface area contributed by atoms with E-state index in [1.807, 2.05) is 73.4 Å². The van der Waals surface area contributed by atoms with E-state index in [1.165, 1.54) is 25.9 Å². The first-order valence-corrected chi connectivity index (χ1v) is 16.2. The largest absolute Gasteiger partial charge is 0.496 e. The quantitative estimate of drug-likeness (QED) is 0.248. The Labute approximate surface area is 269 Å². The number of anilines is 1. The lowest BCUT2D eigenvalue weighted by Gasteiger charge is -2.41. The minimum absolute atomic E-state index is 0.228. The van der Waals surface area contributed by atoms with Crippen LogP contribution in [-0.4, -0.2) is 88.1 Å². The Morgan fingerprint density at radius 2 is 1.70 bits per heavy atom. The molecule has 0 spiro atoms. The van der Waals surface area contributed by atoms with Crippen LogP contribution in [0.15, 0.2) is 54.9 Å². The number of benzene rings is 2. The molecular weight excluding hydrogens is 578 g/mol. The molecule has 5 aromatic rings. The number of methoxy groups -OCH3 is 2. The molecule has 2 fully saturated rings. The van der Waals surface area contributed by atoms with E-state index < -0.39 is 0 Å². The Kier molecular flexibility index (Phi) is 8.16. The van der Waals surface area contributed by atoms with E-state index in [1.54, 1.807) is 14.2 Å². The summed E-state index contributed by atoms with van der Waals surface area (Å²) in [5.41, 5.74) is 5.81. The van der Waals surface area contributed by atoms with Crippen LogP contribution in [0.25, 0.3) is 27.7 Å². The van der Waals surface area contributed by atoms with E-state index in [9.17, 15) is 4.79 Å². The van der Waals surface area contributed by atoms with Gasteiger partial charge in [-0.2, -0.15) is 0 Å². The van der Waals surface area contributed by atoms with Crippen molar-refractivity contribution in [3.05, 3.63) is 72.1 Å². The van der Waals surface area contributed by atoms with E-state index in [2.05, 4.69) is 31.5 Å². The molecule has 1 amide bonds. The highest BCUT2D eigenvalue weighted by Gasteiger charge is 2.31. The lowest BCUT2D eigenvalue weighted by molar-refractivity contribution is 0.0872. The van der Waals surface area contributed by atoms with E-state index >= 15 is 0 Å². The molecule has 0 bridgehead atoms. The number of nitrogens with zero attached hydrogens (tertiary/aromatic N) is 6. The first kappa shape index (κ1) is 30.3. The van der Waals surface area contributed by atoms with E-state index in [4.69, 9.17) is 14.5 Å². The second kappa shape index (κ2) is 12.4. The lowest BCUT2D eigenvalue weighted by atomic mass is 9.84. The van der Waals surface area contributed by atoms with Crippen molar-refractivity contribution in [3.8, 4) is 22.8 Å². The van der Waals surface area contributed by atoms with Crippen LogP contribution in [0.3, 0.4) is 0 Å². The monoisotopic (exact) mass is 621 g/mol. The first-order chi connectivity index (χ1) is 22.4. The molecule has 3 aromatic heterocycles. The van der Waals surface area contributed by atoms with Gasteiger partial charge >= 0.3 is 0 Å². The molecule has 0 atom stereocenters. The van der Waals surface area contributed by atoms with Crippen molar-refractivity contribution >= 4 is 28.0 Å². The molecule has 1 saturated carbocycles. The summed E-state index contributed by atoms with van der Waals surface area (Å²) in [5, 5.41) is 3.95. The number of likely N-dealkylation sites (N-methyl/N-ethyl adjacent to an activating group) is 1. The van der Waals surface area contributed by atoms with Crippen LogP contribution in [-0.2, 0) is 7.05 Å². The van der Waals surface area contributed by atoms with Crippen molar-refractivity contribution in [2.24, 2.45) is 7.05 Å². The summed E-state index contributed by atoms with van der Waals surface area (Å²) in [5.74, 6) is 2.57. The number of carbonyl (C=O) groups excluding carboxylic acids is 1. The van der Waals surface area contributed by atoms with Gasteiger partial charge in [0, 0.05) is 68.5 Å². The predicted octanol–water partition coefficient (Wildman–Crippen LogP) is 5.74. The molecule has 240 valence electrons. The maximum atomic E-state index is 13.5. The van der Waals surface area contributed by atoms with Gasteiger partial charge in [-0.3, -0.25) is 19.1 Å². The Balaban J connectivity index is 1.15. The number of carbonyl (C=O) groups is 1. The van der Waals surface area contributed by atoms with Crippen LogP contribution >= 0.6 is 0 Å². The number of imidazole rings is 1. The third-order valence-electron chi connectivity index (χ3n) is 10.1. The highest BCUT2D eigenvalue weighted by Crippen LogP contribution is 2.39. The Morgan fingerprint density at radius 3 is 2.43 bits per heavy atom. The van der Waals surface area contributed by atoms with Crippen molar-refractivity contribution in [3.63, 3.8) is 0 Å². The van der Waals surface area contributed by atoms with Crippen molar-refractivity contribution < 1.29 is 14.3 Å². The Bertz CT molecular complexity index is 1900. The molecule has 1 aliphatic heterocycles. The van der Waals surface area contributed by atoms with Crippen molar-refractivity contribution in [2.75, 3.05) is 52.8 Å². The Hall–Kier alpha value is -4.41. The standard InChI is InChI=1S/C36H43N7O3/c1-23-34-33(39-35(43(34)16-15-37-23)24-9-12-26(13-10-24)42-19-17-40(2)18-20-42)25-11-14-28(32(21-25)46-5)38-36(44)30-22-27-29(41(30)3)7-6-8-31(27)45-4/h6-8,11,14-16,21-22,24,26H,9-10,12-13,17-20H2,1-5H3,(H,38,44). The van der Waals surface area contributed by atoms with Crippen molar-refractivity contribution in [1.82, 2.24) is 28.7 Å². The molecule has 46 heavy (non-hydrogen) atoms. The highest BCUT2D eigenvalue weighted by molar-refractivity contribution is 6.08. The molecule has 0 radical (unpaired) electrons. The number of ether oxygens (including phenoxy) is 2. The third-order valence-corrected chi connectivity index (χ3v) is 10.1. The molecule has 2 aliphatic rings. The molecule has 10 nitrogen and oxygen atoms in total. The molecule has 1 N–H and O–H groups in total. The number of nitrogens with one attached hydrogen (secondary N) is 1. The average Bonchev–Trinajstić information content (AvgIpc) is 3.64. The van der Waals surface area contributed by atoms with Gasteiger partial charge in [0.15, 0.2) is 0 Å². The van der Waals surface area contributed by atoms with Gasteiger partial charge in [-0.15, -0.1) is 0 Å². The van der Waals surface area contributed by atoms with E-state index in [0.717, 1.165) is 70.9 Å². The molecule has 0 unspecified atom stereocenters. The average molecular weight is 622 g/mol. The molecule has 2 aromatic carbocycles. The number of piperazine rings is 1. The zero-order valence-electron chi connectivity index (χ0n) is 27.4. The minimum atomic E-state index is -0.228. The summed E-state index contributed by atoms with van der Waals surface area (Å²) < 4.78 is 15.5. The van der Waals surface area contributed by atoms with Gasteiger partial charge < -0.3 is 24.3 Å². The maximum Gasteiger partial charge on any atom is 0.272 e. The molecule has 1 aliphatic carbocycles. The van der Waals surface area contributed by atoms with Gasteiger partial charge in [-0.05, 0) is 70.0 Å². The number of aryl methyl sites for hydroxylation is 2. The number of rotatable bonds is 7. The fourth-order valence-electron chi connectivity index (χ4n) is 7.45. The number of amides is 1. The first-order valence-electron chi connectivity index (χ1n) is 16.2. The van der Waals surface area contributed by atoms with Crippen LogP contribution in [0.5, 0.6) is 11.5 Å². The molecule has 7 rings (SSSR count). The van der Waals surface area contributed by atoms with Crippen LogP contribution < -0.4 is 14.8 Å². The van der Waals surface area contributed by atoms with Crippen molar-refractivity contribution in [2.45, 2.75) is 44.6 Å². The smallest absolute Gasteiger partial charge is 0.272 e. The topological polar surface area (TPSA) is 89.2 Å². The summed E-state index contributed by atoms with van der Waals surface area (Å²) in [4.78, 5) is 28.6. The van der Waals surface area contributed by atoms with Gasteiger partial charge in [0.05, 0.1) is 42.3 Å². The van der Waals surface area contributed by atoms with Gasteiger partial charge in [0.2, 0.25) is 0 Å². The summed E-state index contributed by atoms with van der Waals surface area (Å²) in [6.45, 7) is 6.69. The fourth-order valence-corrected chi connectivity index (χ4v) is 7.45. The second-order valence-corrected chi connectivity index (χ2v) is 12.7. The molecule has 10 heteroatoms. The molecule has 4 heterocycles. The third kappa shape index (κ3) is 5.39. The predicted molar refractivity (Wildman–Crippen MR) is 181 cm³/mol. The van der Waals surface area contributed by atoms with Gasteiger partial charge in [0.25, 0.3) is 5.91 Å². The number of fused-ring (bicyclic) bond motifs is 2. The van der Waals surface area contributed by atoms with Gasteiger partial charge in [-0.1, -0.05) is 12.1 Å². The van der Waals surface area contributed by atoms with Crippen LogP contribution in [0, 0.1) is 6.92 Å². The zero-order chi connectivity index (χ0) is 31.9. The lowest BCUT2D eigenvalue weighted by Crippen LogP contribution is -2.49. The summed E-state index contributed by atoms with van der Waals surface area (Å²) >= 11 is 0. The van der Waals surface area contributed by atoms with E-state index in [0.29, 0.717) is 29.1 Å². The zero-order valence-corrected chi connectivity index (χ0v) is 27.4. The summed E-state index contributed by atoms with van der Waals surface area (Å²) in [6, 6.07) is 14.2. The fraction of sp³-hybridized carbons (Fsp3) is 0.417. The minimum Gasteiger partial charge on any atom is -0.496 e. The van der Waals surface area contributed by atoms with E-state index in [-0.39, 0.29) is 5.91 Å². The van der Waals surface area contributed by atoms with Crippen LogP contribution in [0.1, 0.15) is 53.6 Å². The highest BCUT2D eigenvalue weighted by atomic mass is 16.5. The van der Waals surface area contributed by atoms with Gasteiger partial charge in [-0.25, -0.2) is 4.98 Å². The van der Waals surface area contributed by atoms with Crippen LogP contribution in [0.2, 0.25) is 0 Å². The number of aromatic nitrogens is 4. The summed E-state index contributed by atoms with van der Waals surface area (Å²) in [7, 11) is 7.36. The maximum absolute atomic E-state index is 13.5. The normalized spacial score (nSPS) is 19.5. The second-order valence-electron chi connectivity index (χ2n) is 12.7. The SMILES string of the molecule is COc1cc(-c2nc(C3CCC(N4CCN(C)CC4)CC3)n3ccnc(C)c23)ccc1NC(=O)c1cc2c(OC)cccc2n1C. The number of hydrogen-bond acceptors (Lipinski definition) is 7. The van der Waals surface area contributed by atoms with Gasteiger partial charge in [0.1, 0.15) is 23.0 Å². The molecule has 1 saturated heterocycles. The Morgan fingerprint density at radius 1 is 0.935 bits per heavy atom. The molecular formula is C36H43N7O3. The number of hydrogen-bond donors (Lipinski definition) is 1. The summed E-state index contributed by atoms with van der Waals surface area (Å²) in [6.07, 6.45) is 8.58.